The average molecular weight is 288 g/mol. The average Bonchev–Trinajstić information content (AvgIpc) is 2.23. The molecule has 0 aliphatic rings. The Balaban J connectivity index is 3.05. The van der Waals surface area contributed by atoms with Gasteiger partial charge in [-0.15, -0.1) is 0 Å². The summed E-state index contributed by atoms with van der Waals surface area (Å²) in [5.74, 6) is -2.52. The van der Waals surface area contributed by atoms with Crippen molar-refractivity contribution in [2.24, 2.45) is 0 Å². The van der Waals surface area contributed by atoms with Gasteiger partial charge in [-0.25, -0.2) is 4.39 Å². The summed E-state index contributed by atoms with van der Waals surface area (Å²) in [5.41, 5.74) is -2.53. The monoisotopic (exact) mass is 288 g/mol. The molecule has 0 heterocycles. The molecule has 1 aromatic rings. The molecule has 0 N–H and O–H groups in total. The van der Waals surface area contributed by atoms with Crippen molar-refractivity contribution in [3.8, 4) is 0 Å². The van der Waals surface area contributed by atoms with Gasteiger partial charge in [-0.2, -0.15) is 26.3 Å². The van der Waals surface area contributed by atoms with E-state index in [0.717, 1.165) is 0 Å². The summed E-state index contributed by atoms with van der Waals surface area (Å²) in [6.45, 7) is 0. The standard InChI is InChI=1S/C11H7F7O/c12-6-1-2-8(11(16,17)18)7(5-6)9(19)3-4-10(13,14)15/h1-2,5H,3-4H2. The Kier molecular flexibility index (Phi) is 4.21. The quantitative estimate of drug-likeness (QED) is 0.596. The number of hydrogen-bond donors (Lipinski definition) is 0. The van der Waals surface area contributed by atoms with Crippen LogP contribution in [0.15, 0.2) is 18.2 Å². The van der Waals surface area contributed by atoms with Gasteiger partial charge in [0.15, 0.2) is 5.78 Å². The molecule has 0 aliphatic carbocycles. The second kappa shape index (κ2) is 5.18. The number of ketones is 1. The first-order valence-corrected chi connectivity index (χ1v) is 4.97. The maximum Gasteiger partial charge on any atom is 0.417 e. The zero-order chi connectivity index (χ0) is 14.8. The molecule has 19 heavy (non-hydrogen) atoms. The highest BCUT2D eigenvalue weighted by atomic mass is 19.4. The van der Waals surface area contributed by atoms with E-state index >= 15 is 0 Å². The van der Waals surface area contributed by atoms with Crippen molar-refractivity contribution >= 4 is 5.78 Å². The first kappa shape index (κ1) is 15.5. The molecule has 0 spiro atoms. The van der Waals surface area contributed by atoms with E-state index in [4.69, 9.17) is 0 Å². The molecule has 0 amide bonds. The number of alkyl halides is 6. The Hall–Kier alpha value is -1.60. The molecule has 106 valence electrons. The highest BCUT2D eigenvalue weighted by Crippen LogP contribution is 2.33. The molecule has 0 saturated carbocycles. The fraction of sp³-hybridized carbons (Fsp3) is 0.364. The smallest absolute Gasteiger partial charge is 0.294 e. The van der Waals surface area contributed by atoms with Crippen LogP contribution in [0, 0.1) is 5.82 Å². The molecule has 1 aromatic carbocycles. The third kappa shape index (κ3) is 4.53. The molecular formula is C11H7F7O. The molecular weight excluding hydrogens is 281 g/mol. The van der Waals surface area contributed by atoms with Crippen LogP contribution in [0.1, 0.15) is 28.8 Å². The van der Waals surface area contributed by atoms with Crippen LogP contribution < -0.4 is 0 Å². The number of carbonyl (C=O) groups excluding carboxylic acids is 1. The van der Waals surface area contributed by atoms with E-state index in [1.165, 1.54) is 0 Å². The molecule has 0 aromatic heterocycles. The van der Waals surface area contributed by atoms with Crippen molar-refractivity contribution in [1.29, 1.82) is 0 Å². The fourth-order valence-corrected chi connectivity index (χ4v) is 1.38. The highest BCUT2D eigenvalue weighted by molar-refractivity contribution is 5.97. The van der Waals surface area contributed by atoms with E-state index in [1.54, 1.807) is 0 Å². The van der Waals surface area contributed by atoms with Crippen LogP contribution in [0.3, 0.4) is 0 Å². The minimum absolute atomic E-state index is 0.293. The minimum atomic E-state index is -4.93. The van der Waals surface area contributed by atoms with Crippen molar-refractivity contribution in [2.45, 2.75) is 25.2 Å². The topological polar surface area (TPSA) is 17.1 Å². The van der Waals surface area contributed by atoms with Gasteiger partial charge in [-0.1, -0.05) is 0 Å². The fourth-order valence-electron chi connectivity index (χ4n) is 1.38. The van der Waals surface area contributed by atoms with Gasteiger partial charge in [0.25, 0.3) is 0 Å². The number of benzene rings is 1. The van der Waals surface area contributed by atoms with Gasteiger partial charge >= 0.3 is 12.4 Å². The van der Waals surface area contributed by atoms with E-state index in [1.807, 2.05) is 0 Å². The van der Waals surface area contributed by atoms with E-state index in [9.17, 15) is 35.5 Å². The highest BCUT2D eigenvalue weighted by Gasteiger charge is 2.36. The third-order valence-electron chi connectivity index (χ3n) is 2.22. The van der Waals surface area contributed by atoms with Crippen LogP contribution in [-0.4, -0.2) is 12.0 Å². The number of Topliss-reactive ketones (excluding diaryl/α,β-unsaturated/α-hetero) is 1. The van der Waals surface area contributed by atoms with E-state index < -0.39 is 47.9 Å². The molecule has 8 heteroatoms. The van der Waals surface area contributed by atoms with Crippen LogP contribution in [0.4, 0.5) is 30.7 Å². The van der Waals surface area contributed by atoms with Gasteiger partial charge in [0.1, 0.15) is 5.82 Å². The van der Waals surface area contributed by atoms with Crippen molar-refractivity contribution in [1.82, 2.24) is 0 Å². The lowest BCUT2D eigenvalue weighted by Crippen LogP contribution is -2.16. The molecule has 1 rings (SSSR count). The van der Waals surface area contributed by atoms with Crippen LogP contribution in [0.25, 0.3) is 0 Å². The second-order valence-electron chi connectivity index (χ2n) is 3.73. The summed E-state index contributed by atoms with van der Waals surface area (Å²) in [6.07, 6.45) is -12.3. The Morgan fingerprint density at radius 3 is 2.11 bits per heavy atom. The number of halogens is 7. The Morgan fingerprint density at radius 2 is 1.63 bits per heavy atom. The summed E-state index contributed by atoms with van der Waals surface area (Å²) in [4.78, 5) is 11.3. The van der Waals surface area contributed by atoms with Gasteiger partial charge in [-0.3, -0.25) is 4.79 Å². The predicted octanol–water partition coefficient (Wildman–Crippen LogP) is 4.37. The van der Waals surface area contributed by atoms with E-state index in [-0.39, 0.29) is 0 Å². The van der Waals surface area contributed by atoms with Gasteiger partial charge in [-0.05, 0) is 18.2 Å². The Bertz CT molecular complexity index is 473. The van der Waals surface area contributed by atoms with Crippen molar-refractivity contribution < 1.29 is 35.5 Å². The van der Waals surface area contributed by atoms with Crippen LogP contribution in [0.5, 0.6) is 0 Å². The lowest BCUT2D eigenvalue weighted by molar-refractivity contribution is -0.138. The van der Waals surface area contributed by atoms with Crippen LogP contribution >= 0.6 is 0 Å². The van der Waals surface area contributed by atoms with Gasteiger partial charge in [0.2, 0.25) is 0 Å². The molecule has 0 fully saturated rings. The summed E-state index contributed by atoms with van der Waals surface area (Å²) in [7, 11) is 0. The SMILES string of the molecule is O=C(CCC(F)(F)F)c1cc(F)ccc1C(F)(F)F. The number of rotatable bonds is 3. The van der Waals surface area contributed by atoms with Crippen LogP contribution in [0.2, 0.25) is 0 Å². The predicted molar refractivity (Wildman–Crippen MR) is 51.0 cm³/mol. The lowest BCUT2D eigenvalue weighted by Gasteiger charge is -2.12. The van der Waals surface area contributed by atoms with Crippen molar-refractivity contribution in [2.75, 3.05) is 0 Å². The molecule has 0 saturated heterocycles. The number of hydrogen-bond acceptors (Lipinski definition) is 1. The molecule has 0 atom stereocenters. The maximum absolute atomic E-state index is 12.8. The summed E-state index contributed by atoms with van der Waals surface area (Å²) in [6, 6.07) is 1.11. The first-order chi connectivity index (χ1) is 8.50. The summed E-state index contributed by atoms with van der Waals surface area (Å²) >= 11 is 0. The molecule has 0 aliphatic heterocycles. The normalized spacial score (nSPS) is 12.6. The number of carbonyl (C=O) groups is 1. The second-order valence-corrected chi connectivity index (χ2v) is 3.73. The Morgan fingerprint density at radius 1 is 1.05 bits per heavy atom. The van der Waals surface area contributed by atoms with Gasteiger partial charge in [0.05, 0.1) is 12.0 Å². The third-order valence-corrected chi connectivity index (χ3v) is 2.22. The first-order valence-electron chi connectivity index (χ1n) is 4.97. The lowest BCUT2D eigenvalue weighted by atomic mass is 10.00. The van der Waals surface area contributed by atoms with E-state index in [2.05, 4.69) is 0 Å². The molecule has 0 radical (unpaired) electrons. The summed E-state index contributed by atoms with van der Waals surface area (Å²) in [5, 5.41) is 0. The molecule has 0 unspecified atom stereocenters. The molecule has 1 nitrogen and oxygen atoms in total. The van der Waals surface area contributed by atoms with Gasteiger partial charge < -0.3 is 0 Å². The Labute approximate surface area is 103 Å². The van der Waals surface area contributed by atoms with Crippen molar-refractivity contribution in [3.05, 3.63) is 35.1 Å². The minimum Gasteiger partial charge on any atom is -0.294 e. The zero-order valence-electron chi connectivity index (χ0n) is 9.20. The zero-order valence-corrected chi connectivity index (χ0v) is 9.20. The van der Waals surface area contributed by atoms with Gasteiger partial charge in [0, 0.05) is 12.0 Å². The maximum atomic E-state index is 12.8. The molecule has 0 bridgehead atoms. The van der Waals surface area contributed by atoms with Crippen molar-refractivity contribution in [3.63, 3.8) is 0 Å². The largest absolute Gasteiger partial charge is 0.417 e. The van der Waals surface area contributed by atoms with Crippen LogP contribution in [-0.2, 0) is 6.18 Å². The van der Waals surface area contributed by atoms with E-state index in [0.29, 0.717) is 18.2 Å². The summed E-state index contributed by atoms with van der Waals surface area (Å²) < 4.78 is 86.1.